The summed E-state index contributed by atoms with van der Waals surface area (Å²) in [6, 6.07) is 4.65. The van der Waals surface area contributed by atoms with Gasteiger partial charge in [-0.25, -0.2) is 9.97 Å². The normalized spacial score (nSPS) is 17.2. The fraction of sp³-hybridized carbons (Fsp3) is 0.261. The van der Waals surface area contributed by atoms with Gasteiger partial charge in [0.15, 0.2) is 11.5 Å². The van der Waals surface area contributed by atoms with Crippen molar-refractivity contribution in [2.45, 2.75) is 31.1 Å². The number of H-pyrrole nitrogens is 1. The van der Waals surface area contributed by atoms with E-state index in [9.17, 15) is 22.8 Å². The number of fused-ring (bicyclic) bond motifs is 1. The number of imidazole rings is 1. The van der Waals surface area contributed by atoms with Crippen LogP contribution in [0.4, 0.5) is 24.7 Å². The Bertz CT molecular complexity index is 1510. The molecule has 1 aromatic carbocycles. The molecule has 0 saturated heterocycles. The summed E-state index contributed by atoms with van der Waals surface area (Å²) in [5, 5.41) is 14.0. The highest BCUT2D eigenvalue weighted by Gasteiger charge is 2.36. The van der Waals surface area contributed by atoms with Gasteiger partial charge in [0.1, 0.15) is 5.69 Å². The molecule has 5 rings (SSSR count). The number of hydrogen-bond donors (Lipinski definition) is 5. The molecule has 3 aromatic heterocycles. The number of carbonyl (C=O) groups excluding carboxylic acids is 2. The maximum atomic E-state index is 13.3. The number of anilines is 2. The van der Waals surface area contributed by atoms with Crippen molar-refractivity contribution < 1.29 is 22.8 Å². The summed E-state index contributed by atoms with van der Waals surface area (Å²) in [7, 11) is 0. The lowest BCUT2D eigenvalue weighted by Gasteiger charge is -2.32. The maximum Gasteiger partial charge on any atom is 0.433 e. The van der Waals surface area contributed by atoms with Crippen LogP contribution in [0, 0.1) is 0 Å². The Labute approximate surface area is 218 Å². The minimum Gasteiger partial charge on any atom is -0.352 e. The van der Waals surface area contributed by atoms with Crippen molar-refractivity contribution in [2.24, 2.45) is 5.73 Å². The minimum absolute atomic E-state index is 0.0268. The van der Waals surface area contributed by atoms with E-state index in [2.05, 4.69) is 31.0 Å². The molecular weight excluding hydrogens is 527 g/mol. The summed E-state index contributed by atoms with van der Waals surface area (Å²) in [6.45, 7) is -0.207. The molecule has 6 N–H and O–H groups in total. The molecule has 0 radical (unpaired) electrons. The highest BCUT2D eigenvalue weighted by atomic mass is 35.5. The number of aromatic nitrogens is 5. The van der Waals surface area contributed by atoms with Crippen LogP contribution in [0.2, 0.25) is 5.02 Å². The average Bonchev–Trinajstić information content (AvgIpc) is 3.49. The van der Waals surface area contributed by atoms with Crippen molar-refractivity contribution in [2.75, 3.05) is 11.9 Å². The Balaban J connectivity index is 1.29. The zero-order chi connectivity index (χ0) is 27.0. The average molecular weight is 548 g/mol. The van der Waals surface area contributed by atoms with Gasteiger partial charge in [-0.15, -0.1) is 0 Å². The van der Waals surface area contributed by atoms with Crippen molar-refractivity contribution in [3.05, 3.63) is 59.3 Å². The second kappa shape index (κ2) is 9.95. The number of alkyl halides is 3. The standard InChI is InChI=1S/C23H21ClF3N9O2/c24-16-7-12(1-2-14(16)22(38)31-10-18(37)33-13-5-11(28)6-13)34-20-21-30-9-17(36(21)4-3-29-20)15-8-32-35-19(15)23(25,26)27/h1-4,7-9,11,13H,5-6,10,28H2,(H,29,34)(H,31,38)(H,32,35)(H,33,37). The van der Waals surface area contributed by atoms with Gasteiger partial charge < -0.3 is 21.7 Å². The molecule has 3 heterocycles. The molecule has 1 aliphatic rings. The lowest BCUT2D eigenvalue weighted by molar-refractivity contribution is -0.140. The fourth-order valence-electron chi connectivity index (χ4n) is 4.13. The zero-order valence-corrected chi connectivity index (χ0v) is 20.3. The van der Waals surface area contributed by atoms with E-state index in [1.54, 1.807) is 6.07 Å². The van der Waals surface area contributed by atoms with E-state index in [-0.39, 0.29) is 57.8 Å². The molecule has 0 aliphatic heterocycles. The van der Waals surface area contributed by atoms with E-state index in [0.717, 1.165) is 6.20 Å². The summed E-state index contributed by atoms with van der Waals surface area (Å²) >= 11 is 6.31. The molecule has 1 aliphatic carbocycles. The Kier molecular flexibility index (Phi) is 6.67. The van der Waals surface area contributed by atoms with Crippen LogP contribution in [0.25, 0.3) is 16.9 Å². The molecule has 38 heavy (non-hydrogen) atoms. The van der Waals surface area contributed by atoms with Gasteiger partial charge in [0.25, 0.3) is 5.91 Å². The number of rotatable bonds is 7. The van der Waals surface area contributed by atoms with Crippen LogP contribution >= 0.6 is 11.6 Å². The topological polar surface area (TPSA) is 155 Å². The van der Waals surface area contributed by atoms with Crippen molar-refractivity contribution in [3.8, 4) is 11.3 Å². The molecule has 4 aromatic rings. The first kappa shape index (κ1) is 25.5. The third kappa shape index (κ3) is 5.13. The number of benzene rings is 1. The Morgan fingerprint density at radius 3 is 2.71 bits per heavy atom. The van der Waals surface area contributed by atoms with Crippen LogP contribution in [0.5, 0.6) is 0 Å². The van der Waals surface area contributed by atoms with E-state index in [1.807, 2.05) is 5.10 Å². The van der Waals surface area contributed by atoms with Crippen molar-refractivity contribution in [3.63, 3.8) is 0 Å². The van der Waals surface area contributed by atoms with Crippen LogP contribution in [0.15, 0.2) is 43.0 Å². The first-order valence-electron chi connectivity index (χ1n) is 11.4. The number of aromatic amines is 1. The van der Waals surface area contributed by atoms with E-state index in [4.69, 9.17) is 17.3 Å². The second-order valence-corrected chi connectivity index (χ2v) is 9.17. The smallest absolute Gasteiger partial charge is 0.352 e. The fourth-order valence-corrected chi connectivity index (χ4v) is 4.40. The number of halogens is 4. The molecule has 1 saturated carbocycles. The lowest BCUT2D eigenvalue weighted by atomic mass is 9.88. The first-order chi connectivity index (χ1) is 18.1. The molecule has 0 spiro atoms. The molecule has 198 valence electrons. The molecule has 1 fully saturated rings. The number of nitrogens with one attached hydrogen (secondary N) is 4. The predicted molar refractivity (Wildman–Crippen MR) is 132 cm³/mol. The molecule has 0 atom stereocenters. The van der Waals surface area contributed by atoms with Gasteiger partial charge in [0.2, 0.25) is 5.91 Å². The van der Waals surface area contributed by atoms with Crippen molar-refractivity contribution in [1.29, 1.82) is 0 Å². The van der Waals surface area contributed by atoms with Crippen LogP contribution in [0.1, 0.15) is 28.9 Å². The number of nitrogens with two attached hydrogens (primary N) is 1. The second-order valence-electron chi connectivity index (χ2n) is 8.77. The number of nitrogens with zero attached hydrogens (tertiary/aromatic N) is 4. The number of amides is 2. The number of carbonyl (C=O) groups is 2. The van der Waals surface area contributed by atoms with Gasteiger partial charge in [-0.05, 0) is 31.0 Å². The summed E-state index contributed by atoms with van der Waals surface area (Å²) in [5.41, 5.74) is 5.58. The first-order valence-corrected chi connectivity index (χ1v) is 11.8. The highest BCUT2D eigenvalue weighted by Crippen LogP contribution is 2.36. The van der Waals surface area contributed by atoms with Crippen molar-refractivity contribution >= 4 is 40.6 Å². The lowest BCUT2D eigenvalue weighted by Crippen LogP contribution is -2.52. The third-order valence-corrected chi connectivity index (χ3v) is 6.37. The van der Waals surface area contributed by atoms with Gasteiger partial charge >= 0.3 is 6.18 Å². The van der Waals surface area contributed by atoms with E-state index in [0.29, 0.717) is 18.5 Å². The summed E-state index contributed by atoms with van der Waals surface area (Å²) < 4.78 is 41.5. The zero-order valence-electron chi connectivity index (χ0n) is 19.5. The highest BCUT2D eigenvalue weighted by molar-refractivity contribution is 6.34. The predicted octanol–water partition coefficient (Wildman–Crippen LogP) is 2.87. The minimum atomic E-state index is -4.62. The summed E-state index contributed by atoms with van der Waals surface area (Å²) in [4.78, 5) is 33.0. The van der Waals surface area contributed by atoms with Crippen LogP contribution in [-0.4, -0.2) is 55.0 Å². The molecule has 0 bridgehead atoms. The Morgan fingerprint density at radius 1 is 1.21 bits per heavy atom. The van der Waals surface area contributed by atoms with Crippen LogP contribution < -0.4 is 21.7 Å². The van der Waals surface area contributed by atoms with E-state index < -0.39 is 17.8 Å². The monoisotopic (exact) mass is 547 g/mol. The molecule has 15 heteroatoms. The van der Waals surface area contributed by atoms with Crippen molar-refractivity contribution in [1.82, 2.24) is 35.2 Å². The van der Waals surface area contributed by atoms with Crippen LogP contribution in [-0.2, 0) is 11.0 Å². The van der Waals surface area contributed by atoms with Gasteiger partial charge in [-0.2, -0.15) is 18.3 Å². The van der Waals surface area contributed by atoms with Crippen LogP contribution in [0.3, 0.4) is 0 Å². The van der Waals surface area contributed by atoms with Gasteiger partial charge in [-0.3, -0.25) is 19.1 Å². The quantitative estimate of drug-likeness (QED) is 0.238. The molecule has 0 unspecified atom stereocenters. The maximum absolute atomic E-state index is 13.3. The van der Waals surface area contributed by atoms with Gasteiger partial charge in [0, 0.05) is 30.2 Å². The largest absolute Gasteiger partial charge is 0.433 e. The summed E-state index contributed by atoms with van der Waals surface area (Å²) in [6.07, 6.45) is 2.05. The molecule has 2 amide bonds. The summed E-state index contributed by atoms with van der Waals surface area (Å²) in [5.74, 6) is -0.599. The molecule has 11 nitrogen and oxygen atoms in total. The third-order valence-electron chi connectivity index (χ3n) is 6.05. The molecular formula is C23H21ClF3N9O2. The Morgan fingerprint density at radius 2 is 2.00 bits per heavy atom. The van der Waals surface area contributed by atoms with Gasteiger partial charge in [0.05, 0.1) is 40.8 Å². The van der Waals surface area contributed by atoms with E-state index in [1.165, 1.54) is 35.1 Å². The Hall–Kier alpha value is -4.17. The van der Waals surface area contributed by atoms with E-state index >= 15 is 0 Å². The number of hydrogen-bond acceptors (Lipinski definition) is 7. The SMILES string of the molecule is NC1CC(NC(=O)CNC(=O)c2ccc(Nc3nccn4c(-c5cn[nH]c5C(F)(F)F)cnc34)cc2Cl)C1. The van der Waals surface area contributed by atoms with Gasteiger partial charge in [-0.1, -0.05) is 11.6 Å².